The van der Waals surface area contributed by atoms with E-state index in [4.69, 9.17) is 4.74 Å². The van der Waals surface area contributed by atoms with Crippen molar-refractivity contribution in [2.75, 3.05) is 23.7 Å². The van der Waals surface area contributed by atoms with Crippen molar-refractivity contribution in [1.29, 1.82) is 0 Å². The molecule has 0 fully saturated rings. The number of benzene rings is 2. The van der Waals surface area contributed by atoms with Crippen LogP contribution in [0.25, 0.3) is 0 Å². The Morgan fingerprint density at radius 1 is 1.14 bits per heavy atom. The summed E-state index contributed by atoms with van der Waals surface area (Å²) >= 11 is 0. The minimum absolute atomic E-state index is 0.121. The number of rotatable bonds is 10. The molecule has 0 aliphatic heterocycles. The SMILES string of the molecule is CC(C)CCNC(=O)COc1ccc(N(Cc2ccccc2F)S(C)(=O)=O)cc1. The second-order valence-corrected chi connectivity index (χ2v) is 9.08. The van der Waals surface area contributed by atoms with Crippen LogP contribution in [0.15, 0.2) is 48.5 Å². The van der Waals surface area contributed by atoms with E-state index in [1.807, 2.05) is 0 Å². The third kappa shape index (κ3) is 7.38. The molecular formula is C21H27FN2O4S. The first-order valence-electron chi connectivity index (χ1n) is 9.37. The number of ether oxygens (including phenoxy) is 1. The van der Waals surface area contributed by atoms with Gasteiger partial charge < -0.3 is 10.1 Å². The Labute approximate surface area is 171 Å². The van der Waals surface area contributed by atoms with Crippen LogP contribution in [-0.4, -0.2) is 33.7 Å². The van der Waals surface area contributed by atoms with Gasteiger partial charge in [0.15, 0.2) is 6.61 Å². The zero-order valence-corrected chi connectivity index (χ0v) is 17.7. The molecule has 158 valence electrons. The highest BCUT2D eigenvalue weighted by Crippen LogP contribution is 2.24. The summed E-state index contributed by atoms with van der Waals surface area (Å²) in [6.07, 6.45) is 1.96. The average molecular weight is 423 g/mol. The first kappa shape index (κ1) is 22.7. The summed E-state index contributed by atoms with van der Waals surface area (Å²) in [5, 5.41) is 2.78. The van der Waals surface area contributed by atoms with Crippen LogP contribution < -0.4 is 14.4 Å². The molecular weight excluding hydrogens is 395 g/mol. The van der Waals surface area contributed by atoms with Crippen LogP contribution in [-0.2, 0) is 21.4 Å². The number of amides is 1. The number of nitrogens with one attached hydrogen (secondary N) is 1. The highest BCUT2D eigenvalue weighted by Gasteiger charge is 2.19. The standard InChI is InChI=1S/C21H27FN2O4S/c1-16(2)12-13-23-21(25)15-28-19-10-8-18(9-11-19)24(29(3,26)27)14-17-6-4-5-7-20(17)22/h4-11,16H,12-15H2,1-3H3,(H,23,25). The van der Waals surface area contributed by atoms with Gasteiger partial charge in [-0.2, -0.15) is 0 Å². The molecule has 0 unspecified atom stereocenters. The lowest BCUT2D eigenvalue weighted by Crippen LogP contribution is -2.30. The van der Waals surface area contributed by atoms with E-state index in [1.165, 1.54) is 6.07 Å². The van der Waals surface area contributed by atoms with Gasteiger partial charge >= 0.3 is 0 Å². The minimum atomic E-state index is -3.63. The Bertz CT molecular complexity index is 915. The molecule has 0 aliphatic carbocycles. The molecule has 1 amide bonds. The second kappa shape index (κ2) is 10.2. The van der Waals surface area contributed by atoms with Crippen LogP contribution in [0.4, 0.5) is 10.1 Å². The summed E-state index contributed by atoms with van der Waals surface area (Å²) in [4.78, 5) is 11.8. The Kier molecular flexibility index (Phi) is 8.01. The third-order valence-corrected chi connectivity index (χ3v) is 5.35. The van der Waals surface area contributed by atoms with Gasteiger partial charge in [0.05, 0.1) is 18.5 Å². The number of anilines is 1. The Balaban J connectivity index is 2.02. The summed E-state index contributed by atoms with van der Waals surface area (Å²) in [5.74, 6) is 0.259. The van der Waals surface area contributed by atoms with E-state index in [-0.39, 0.29) is 24.6 Å². The summed E-state index contributed by atoms with van der Waals surface area (Å²) in [7, 11) is -3.63. The summed E-state index contributed by atoms with van der Waals surface area (Å²) < 4.78 is 44.9. The Morgan fingerprint density at radius 2 is 1.79 bits per heavy atom. The van der Waals surface area contributed by atoms with Crippen molar-refractivity contribution in [2.45, 2.75) is 26.8 Å². The molecule has 0 atom stereocenters. The maximum absolute atomic E-state index is 13.9. The molecule has 0 radical (unpaired) electrons. The fourth-order valence-corrected chi connectivity index (χ4v) is 3.47. The predicted molar refractivity (Wildman–Crippen MR) is 112 cm³/mol. The first-order chi connectivity index (χ1) is 13.7. The summed E-state index contributed by atoms with van der Waals surface area (Å²) in [6, 6.07) is 12.3. The van der Waals surface area contributed by atoms with Gasteiger partial charge in [0.25, 0.3) is 5.91 Å². The van der Waals surface area contributed by atoms with E-state index in [1.54, 1.807) is 42.5 Å². The molecule has 2 aromatic rings. The molecule has 0 heterocycles. The Hall–Kier alpha value is -2.61. The molecule has 2 rings (SSSR count). The van der Waals surface area contributed by atoms with Gasteiger partial charge in [-0.15, -0.1) is 0 Å². The monoisotopic (exact) mass is 422 g/mol. The number of carbonyl (C=O) groups is 1. The molecule has 6 nitrogen and oxygen atoms in total. The van der Waals surface area contributed by atoms with E-state index < -0.39 is 15.8 Å². The quantitative estimate of drug-likeness (QED) is 0.637. The Morgan fingerprint density at radius 3 is 2.38 bits per heavy atom. The fraction of sp³-hybridized carbons (Fsp3) is 0.381. The van der Waals surface area contributed by atoms with Crippen LogP contribution in [0.5, 0.6) is 5.75 Å². The van der Waals surface area contributed by atoms with Gasteiger partial charge in [0.2, 0.25) is 10.0 Å². The fourth-order valence-electron chi connectivity index (χ4n) is 2.59. The molecule has 0 spiro atoms. The zero-order chi connectivity index (χ0) is 21.4. The van der Waals surface area contributed by atoms with Gasteiger partial charge in [0, 0.05) is 12.1 Å². The molecule has 0 saturated carbocycles. The molecule has 8 heteroatoms. The number of nitrogens with zero attached hydrogens (tertiary/aromatic N) is 1. The van der Waals surface area contributed by atoms with E-state index >= 15 is 0 Å². The van der Waals surface area contributed by atoms with Crippen LogP contribution >= 0.6 is 0 Å². The minimum Gasteiger partial charge on any atom is -0.484 e. The van der Waals surface area contributed by atoms with Gasteiger partial charge in [-0.1, -0.05) is 32.0 Å². The number of hydrogen-bond acceptors (Lipinski definition) is 4. The number of hydrogen-bond donors (Lipinski definition) is 1. The van der Waals surface area contributed by atoms with Crippen molar-refractivity contribution in [1.82, 2.24) is 5.32 Å². The lowest BCUT2D eigenvalue weighted by atomic mass is 10.1. The summed E-state index contributed by atoms with van der Waals surface area (Å²) in [6.45, 7) is 4.51. The van der Waals surface area contributed by atoms with E-state index in [9.17, 15) is 17.6 Å². The van der Waals surface area contributed by atoms with Crippen molar-refractivity contribution in [3.05, 3.63) is 59.9 Å². The van der Waals surface area contributed by atoms with Crippen LogP contribution in [0.1, 0.15) is 25.8 Å². The van der Waals surface area contributed by atoms with Gasteiger partial charge in [0.1, 0.15) is 11.6 Å². The maximum atomic E-state index is 13.9. The van der Waals surface area contributed by atoms with Crippen LogP contribution in [0.2, 0.25) is 0 Å². The predicted octanol–water partition coefficient (Wildman–Crippen LogP) is 3.33. The molecule has 0 aliphatic rings. The number of carbonyl (C=O) groups excluding carboxylic acids is 1. The average Bonchev–Trinajstić information content (AvgIpc) is 2.65. The molecule has 0 saturated heterocycles. The normalized spacial score (nSPS) is 11.3. The lowest BCUT2D eigenvalue weighted by molar-refractivity contribution is -0.123. The number of sulfonamides is 1. The van der Waals surface area contributed by atoms with Crippen LogP contribution in [0, 0.1) is 11.7 Å². The zero-order valence-electron chi connectivity index (χ0n) is 16.9. The van der Waals surface area contributed by atoms with E-state index in [0.29, 0.717) is 23.9 Å². The van der Waals surface area contributed by atoms with Gasteiger partial charge in [-0.25, -0.2) is 12.8 Å². The van der Waals surface area contributed by atoms with Gasteiger partial charge in [-0.3, -0.25) is 9.10 Å². The van der Waals surface area contributed by atoms with Crippen molar-refractivity contribution in [2.24, 2.45) is 5.92 Å². The van der Waals surface area contributed by atoms with Crippen LogP contribution in [0.3, 0.4) is 0 Å². The second-order valence-electron chi connectivity index (χ2n) is 7.18. The maximum Gasteiger partial charge on any atom is 0.257 e. The molecule has 1 N–H and O–H groups in total. The summed E-state index contributed by atoms with van der Waals surface area (Å²) in [5.41, 5.74) is 0.654. The van der Waals surface area contributed by atoms with E-state index in [2.05, 4.69) is 19.2 Å². The molecule has 0 bridgehead atoms. The first-order valence-corrected chi connectivity index (χ1v) is 11.2. The molecule has 2 aromatic carbocycles. The van der Waals surface area contributed by atoms with Crippen molar-refractivity contribution < 1.29 is 22.3 Å². The van der Waals surface area contributed by atoms with Gasteiger partial charge in [-0.05, 0) is 42.7 Å². The molecule has 0 aromatic heterocycles. The topological polar surface area (TPSA) is 75.7 Å². The molecule has 29 heavy (non-hydrogen) atoms. The van der Waals surface area contributed by atoms with Crippen molar-refractivity contribution >= 4 is 21.6 Å². The number of halogens is 1. The largest absolute Gasteiger partial charge is 0.484 e. The highest BCUT2D eigenvalue weighted by atomic mass is 32.2. The smallest absolute Gasteiger partial charge is 0.257 e. The highest BCUT2D eigenvalue weighted by molar-refractivity contribution is 7.92. The van der Waals surface area contributed by atoms with Crippen molar-refractivity contribution in [3.63, 3.8) is 0 Å². The third-order valence-electron chi connectivity index (χ3n) is 4.21. The lowest BCUT2D eigenvalue weighted by Gasteiger charge is -2.23. The van der Waals surface area contributed by atoms with Crippen molar-refractivity contribution in [3.8, 4) is 5.75 Å². The van der Waals surface area contributed by atoms with E-state index in [0.717, 1.165) is 17.0 Å².